The third kappa shape index (κ3) is 2.55. The van der Waals surface area contributed by atoms with Gasteiger partial charge < -0.3 is 10.8 Å². The van der Waals surface area contributed by atoms with E-state index in [9.17, 15) is 5.11 Å². The van der Waals surface area contributed by atoms with Crippen molar-refractivity contribution in [3.63, 3.8) is 0 Å². The third-order valence-corrected chi connectivity index (χ3v) is 3.10. The lowest BCUT2D eigenvalue weighted by Crippen LogP contribution is -2.02. The zero-order valence-corrected chi connectivity index (χ0v) is 11.9. The van der Waals surface area contributed by atoms with Gasteiger partial charge in [0, 0.05) is 4.47 Å². The molecule has 1 aromatic carbocycles. The van der Waals surface area contributed by atoms with Gasteiger partial charge in [0.2, 0.25) is 5.95 Å². The molecule has 0 atom stereocenters. The highest BCUT2D eigenvalue weighted by molar-refractivity contribution is 9.11. The van der Waals surface area contributed by atoms with Gasteiger partial charge in [0.05, 0.1) is 10.0 Å². The summed E-state index contributed by atoms with van der Waals surface area (Å²) in [5.74, 6) is 1.04. The van der Waals surface area contributed by atoms with Crippen molar-refractivity contribution < 1.29 is 5.11 Å². The standard InChI is InChI=1S/C10H8Br2N4O/c1-4-14-9(16-10(13)15-4)6-2-5(11)3-7(12)8(6)17/h2-3,17H,1H3,(H2,13,14,15,16). The van der Waals surface area contributed by atoms with Crippen LogP contribution in [0.2, 0.25) is 0 Å². The molecule has 17 heavy (non-hydrogen) atoms. The van der Waals surface area contributed by atoms with Crippen LogP contribution in [0.5, 0.6) is 5.75 Å². The minimum Gasteiger partial charge on any atom is -0.506 e. The molecule has 0 aliphatic carbocycles. The smallest absolute Gasteiger partial charge is 0.223 e. The zero-order chi connectivity index (χ0) is 12.6. The van der Waals surface area contributed by atoms with Gasteiger partial charge in [-0.05, 0) is 35.0 Å². The van der Waals surface area contributed by atoms with E-state index >= 15 is 0 Å². The molecule has 0 unspecified atom stereocenters. The molecule has 0 saturated carbocycles. The van der Waals surface area contributed by atoms with Gasteiger partial charge in [-0.2, -0.15) is 9.97 Å². The SMILES string of the molecule is Cc1nc(N)nc(-c2cc(Br)cc(Br)c2O)n1. The molecular formula is C10H8Br2N4O. The average molecular weight is 360 g/mol. The van der Waals surface area contributed by atoms with Crippen LogP contribution in [-0.2, 0) is 0 Å². The van der Waals surface area contributed by atoms with Crippen molar-refractivity contribution in [3.05, 3.63) is 26.9 Å². The van der Waals surface area contributed by atoms with Gasteiger partial charge in [0.25, 0.3) is 0 Å². The number of hydrogen-bond donors (Lipinski definition) is 2. The molecule has 5 nitrogen and oxygen atoms in total. The number of rotatable bonds is 1. The molecule has 1 heterocycles. The largest absolute Gasteiger partial charge is 0.506 e. The van der Waals surface area contributed by atoms with Gasteiger partial charge in [-0.1, -0.05) is 15.9 Å². The van der Waals surface area contributed by atoms with E-state index in [-0.39, 0.29) is 11.7 Å². The van der Waals surface area contributed by atoms with Crippen LogP contribution in [0.3, 0.4) is 0 Å². The maximum absolute atomic E-state index is 9.95. The normalized spacial score (nSPS) is 10.5. The van der Waals surface area contributed by atoms with Crippen LogP contribution in [0.4, 0.5) is 5.95 Å². The van der Waals surface area contributed by atoms with E-state index in [1.807, 2.05) is 0 Å². The molecule has 0 fully saturated rings. The first-order chi connectivity index (χ1) is 7.97. The molecule has 0 aliphatic rings. The molecule has 0 radical (unpaired) electrons. The van der Waals surface area contributed by atoms with E-state index in [0.717, 1.165) is 4.47 Å². The molecule has 0 amide bonds. The van der Waals surface area contributed by atoms with Crippen LogP contribution in [0.15, 0.2) is 21.1 Å². The monoisotopic (exact) mass is 358 g/mol. The van der Waals surface area contributed by atoms with E-state index in [4.69, 9.17) is 5.73 Å². The Hall–Kier alpha value is -1.21. The van der Waals surface area contributed by atoms with Crippen LogP contribution >= 0.6 is 31.9 Å². The summed E-state index contributed by atoms with van der Waals surface area (Å²) >= 11 is 6.59. The summed E-state index contributed by atoms with van der Waals surface area (Å²) in [6.45, 7) is 1.71. The number of aromatic hydroxyl groups is 1. The lowest BCUT2D eigenvalue weighted by Gasteiger charge is -2.07. The lowest BCUT2D eigenvalue weighted by molar-refractivity contribution is 0.473. The highest BCUT2D eigenvalue weighted by atomic mass is 79.9. The van der Waals surface area contributed by atoms with Crippen molar-refractivity contribution in [2.45, 2.75) is 6.92 Å². The van der Waals surface area contributed by atoms with Gasteiger partial charge >= 0.3 is 0 Å². The Morgan fingerprint density at radius 3 is 2.53 bits per heavy atom. The minimum atomic E-state index is 0.0678. The third-order valence-electron chi connectivity index (χ3n) is 2.03. The number of nitrogens with zero attached hydrogens (tertiary/aromatic N) is 3. The topological polar surface area (TPSA) is 84.9 Å². The number of phenolic OH excluding ortho intramolecular Hbond substituents is 1. The van der Waals surface area contributed by atoms with Crippen LogP contribution in [0.1, 0.15) is 5.82 Å². The number of benzene rings is 1. The molecular weight excluding hydrogens is 352 g/mol. The number of hydrogen-bond acceptors (Lipinski definition) is 5. The maximum Gasteiger partial charge on any atom is 0.223 e. The fourth-order valence-electron chi connectivity index (χ4n) is 1.36. The lowest BCUT2D eigenvalue weighted by atomic mass is 10.2. The Balaban J connectivity index is 2.67. The molecule has 0 aliphatic heterocycles. The molecule has 3 N–H and O–H groups in total. The van der Waals surface area contributed by atoms with Gasteiger partial charge in [-0.15, -0.1) is 0 Å². The van der Waals surface area contributed by atoms with E-state index in [2.05, 4.69) is 46.8 Å². The quantitative estimate of drug-likeness (QED) is 0.817. The average Bonchev–Trinajstić information content (AvgIpc) is 2.22. The number of nitrogens with two attached hydrogens (primary N) is 1. The van der Waals surface area contributed by atoms with Crippen molar-refractivity contribution in [1.82, 2.24) is 15.0 Å². The van der Waals surface area contributed by atoms with Gasteiger partial charge in [-0.3, -0.25) is 0 Å². The fraction of sp³-hybridized carbons (Fsp3) is 0.100. The number of aromatic nitrogens is 3. The van der Waals surface area contributed by atoms with Crippen molar-refractivity contribution >= 4 is 37.8 Å². The van der Waals surface area contributed by atoms with Crippen LogP contribution in [0, 0.1) is 6.92 Å². The van der Waals surface area contributed by atoms with Crippen molar-refractivity contribution in [2.24, 2.45) is 0 Å². The Bertz CT molecular complexity index is 569. The molecule has 88 valence electrons. The molecule has 0 saturated heterocycles. The second-order valence-corrected chi connectivity index (χ2v) is 5.12. The molecule has 2 rings (SSSR count). The number of aryl methyl sites for hydroxylation is 1. The summed E-state index contributed by atoms with van der Waals surface area (Å²) in [7, 11) is 0. The first kappa shape index (κ1) is 12.3. The highest BCUT2D eigenvalue weighted by Crippen LogP contribution is 2.36. The fourth-order valence-corrected chi connectivity index (χ4v) is 2.58. The van der Waals surface area contributed by atoms with Crippen molar-refractivity contribution in [2.75, 3.05) is 5.73 Å². The zero-order valence-electron chi connectivity index (χ0n) is 8.78. The second-order valence-electron chi connectivity index (χ2n) is 3.35. The van der Waals surface area contributed by atoms with Crippen LogP contribution in [-0.4, -0.2) is 20.1 Å². The summed E-state index contributed by atoms with van der Waals surface area (Å²) < 4.78 is 1.35. The Morgan fingerprint density at radius 2 is 1.88 bits per heavy atom. The van der Waals surface area contributed by atoms with Crippen molar-refractivity contribution in [3.8, 4) is 17.1 Å². The summed E-state index contributed by atoms with van der Waals surface area (Å²) in [5, 5.41) is 9.95. The first-order valence-electron chi connectivity index (χ1n) is 4.64. The highest BCUT2D eigenvalue weighted by Gasteiger charge is 2.13. The molecule has 0 spiro atoms. The van der Waals surface area contributed by atoms with Crippen LogP contribution in [0.25, 0.3) is 11.4 Å². The number of halogens is 2. The maximum atomic E-state index is 9.95. The van der Waals surface area contributed by atoms with E-state index < -0.39 is 0 Å². The molecule has 1 aromatic heterocycles. The van der Waals surface area contributed by atoms with Gasteiger partial charge in [-0.25, -0.2) is 4.98 Å². The Labute approximate surface area is 114 Å². The summed E-state index contributed by atoms with van der Waals surface area (Å²) in [4.78, 5) is 12.0. The molecule has 0 bridgehead atoms. The number of anilines is 1. The molecule has 7 heteroatoms. The van der Waals surface area contributed by atoms with Gasteiger partial charge in [0.15, 0.2) is 5.82 Å². The van der Waals surface area contributed by atoms with E-state index in [1.54, 1.807) is 19.1 Å². The second kappa shape index (κ2) is 4.58. The summed E-state index contributed by atoms with van der Waals surface area (Å²) in [6, 6.07) is 3.45. The predicted octanol–water partition coefficient (Wildman–Crippen LogP) is 2.66. The molecule has 2 aromatic rings. The minimum absolute atomic E-state index is 0.0678. The van der Waals surface area contributed by atoms with Crippen LogP contribution < -0.4 is 5.73 Å². The Kier molecular flexibility index (Phi) is 3.30. The first-order valence-corrected chi connectivity index (χ1v) is 6.22. The Morgan fingerprint density at radius 1 is 1.18 bits per heavy atom. The summed E-state index contributed by atoms with van der Waals surface area (Å²) in [5.41, 5.74) is 6.04. The predicted molar refractivity (Wildman–Crippen MR) is 71.5 cm³/mol. The summed E-state index contributed by atoms with van der Waals surface area (Å²) in [6.07, 6.45) is 0. The van der Waals surface area contributed by atoms with E-state index in [0.29, 0.717) is 21.7 Å². The van der Waals surface area contributed by atoms with Crippen molar-refractivity contribution in [1.29, 1.82) is 0 Å². The number of phenols is 1. The van der Waals surface area contributed by atoms with E-state index in [1.165, 1.54) is 0 Å². The number of nitrogen functional groups attached to an aromatic ring is 1. The van der Waals surface area contributed by atoms with Gasteiger partial charge in [0.1, 0.15) is 11.6 Å².